The van der Waals surface area contributed by atoms with Gasteiger partial charge in [0.2, 0.25) is 11.8 Å². The van der Waals surface area contributed by atoms with E-state index in [0.717, 1.165) is 30.3 Å². The first kappa shape index (κ1) is 18.9. The fraction of sp³-hybridized carbons (Fsp3) is 0.375. The van der Waals surface area contributed by atoms with E-state index >= 15 is 0 Å². The van der Waals surface area contributed by atoms with E-state index in [0.29, 0.717) is 37.0 Å². The monoisotopic (exact) mass is 403 g/mol. The van der Waals surface area contributed by atoms with E-state index < -0.39 is 0 Å². The first-order valence-corrected chi connectivity index (χ1v) is 10.7. The Morgan fingerprint density at radius 1 is 0.800 bits per heavy atom. The number of fused-ring (bicyclic) bond motifs is 2. The normalized spacial score (nSPS) is 17.3. The van der Waals surface area contributed by atoms with Gasteiger partial charge in [-0.15, -0.1) is 0 Å². The number of piperazine rings is 1. The Hall–Kier alpha value is -3.15. The van der Waals surface area contributed by atoms with Crippen LogP contribution < -0.4 is 5.43 Å². The molecule has 30 heavy (non-hydrogen) atoms. The van der Waals surface area contributed by atoms with Gasteiger partial charge in [-0.3, -0.25) is 14.4 Å². The largest absolute Gasteiger partial charge is 0.339 e. The first-order chi connectivity index (χ1) is 14.6. The Bertz CT molecular complexity index is 1130. The molecule has 0 spiro atoms. The number of para-hydroxylation sites is 2. The number of amides is 2. The molecule has 2 fully saturated rings. The van der Waals surface area contributed by atoms with Crippen molar-refractivity contribution in [3.8, 4) is 0 Å². The van der Waals surface area contributed by atoms with Gasteiger partial charge < -0.3 is 14.4 Å². The average Bonchev–Trinajstić information content (AvgIpc) is 2.75. The van der Waals surface area contributed by atoms with Crippen molar-refractivity contribution >= 4 is 33.6 Å². The van der Waals surface area contributed by atoms with Gasteiger partial charge in [0, 0.05) is 42.9 Å². The molecule has 1 aliphatic carbocycles. The molecule has 0 radical (unpaired) electrons. The van der Waals surface area contributed by atoms with Crippen LogP contribution in [0.5, 0.6) is 0 Å². The maximum absolute atomic E-state index is 13.1. The molecule has 1 saturated carbocycles. The van der Waals surface area contributed by atoms with Gasteiger partial charge in [0.15, 0.2) is 5.43 Å². The minimum absolute atomic E-state index is 0.00646. The van der Waals surface area contributed by atoms with Crippen molar-refractivity contribution in [3.63, 3.8) is 0 Å². The third kappa shape index (κ3) is 3.16. The van der Waals surface area contributed by atoms with Gasteiger partial charge in [-0.2, -0.15) is 0 Å². The van der Waals surface area contributed by atoms with Crippen molar-refractivity contribution in [3.05, 3.63) is 58.8 Å². The second-order valence-electron chi connectivity index (χ2n) is 8.28. The molecule has 0 atom stereocenters. The van der Waals surface area contributed by atoms with E-state index in [1.165, 1.54) is 0 Å². The van der Waals surface area contributed by atoms with E-state index in [4.69, 9.17) is 0 Å². The van der Waals surface area contributed by atoms with Crippen molar-refractivity contribution in [2.24, 2.45) is 5.92 Å². The number of aromatic nitrogens is 1. The van der Waals surface area contributed by atoms with Gasteiger partial charge in [-0.05, 0) is 37.1 Å². The summed E-state index contributed by atoms with van der Waals surface area (Å²) in [7, 11) is 0. The summed E-state index contributed by atoms with van der Waals surface area (Å²) in [6.07, 6.45) is 3.16. The van der Waals surface area contributed by atoms with Crippen LogP contribution in [0.2, 0.25) is 0 Å². The Labute approximate surface area is 174 Å². The lowest BCUT2D eigenvalue weighted by Gasteiger charge is -2.38. The Kier molecular flexibility index (Phi) is 4.77. The van der Waals surface area contributed by atoms with E-state index in [9.17, 15) is 14.4 Å². The minimum atomic E-state index is -0.00646. The fourth-order valence-corrected chi connectivity index (χ4v) is 4.57. The van der Waals surface area contributed by atoms with Crippen LogP contribution in [0.25, 0.3) is 21.8 Å². The number of nitrogens with zero attached hydrogens (tertiary/aromatic N) is 3. The Balaban J connectivity index is 1.39. The molecule has 1 aliphatic heterocycles. The fourth-order valence-electron chi connectivity index (χ4n) is 4.57. The van der Waals surface area contributed by atoms with E-state index in [1.54, 1.807) is 0 Å². The molecule has 6 nitrogen and oxygen atoms in total. The van der Waals surface area contributed by atoms with Crippen LogP contribution in [-0.2, 0) is 16.1 Å². The highest BCUT2D eigenvalue weighted by Crippen LogP contribution is 2.28. The van der Waals surface area contributed by atoms with Gasteiger partial charge in [0.05, 0.1) is 11.0 Å². The summed E-state index contributed by atoms with van der Waals surface area (Å²) >= 11 is 0. The third-order valence-corrected chi connectivity index (χ3v) is 6.57. The molecule has 2 heterocycles. The smallest absolute Gasteiger partial charge is 0.242 e. The molecular weight excluding hydrogens is 378 g/mol. The Morgan fingerprint density at radius 2 is 1.33 bits per heavy atom. The van der Waals surface area contributed by atoms with Crippen LogP contribution >= 0.6 is 0 Å². The average molecular weight is 403 g/mol. The molecule has 6 heteroatoms. The highest BCUT2D eigenvalue weighted by atomic mass is 16.2. The zero-order valence-electron chi connectivity index (χ0n) is 16.9. The topological polar surface area (TPSA) is 62.6 Å². The van der Waals surface area contributed by atoms with Crippen molar-refractivity contribution < 1.29 is 9.59 Å². The number of benzene rings is 2. The van der Waals surface area contributed by atoms with Crippen LogP contribution in [0, 0.1) is 5.92 Å². The van der Waals surface area contributed by atoms with Crippen LogP contribution in [0.3, 0.4) is 0 Å². The summed E-state index contributed by atoms with van der Waals surface area (Å²) < 4.78 is 1.94. The number of rotatable bonds is 3. The summed E-state index contributed by atoms with van der Waals surface area (Å²) in [4.78, 5) is 42.2. The molecule has 2 amide bonds. The predicted octanol–water partition coefficient (Wildman–Crippen LogP) is 2.63. The number of carbonyl (C=O) groups is 2. The summed E-state index contributed by atoms with van der Waals surface area (Å²) in [5, 5.41) is 1.25. The van der Waals surface area contributed by atoms with Gasteiger partial charge in [-0.25, -0.2) is 0 Å². The van der Waals surface area contributed by atoms with Crippen molar-refractivity contribution in [1.29, 1.82) is 0 Å². The third-order valence-electron chi connectivity index (χ3n) is 6.57. The maximum Gasteiger partial charge on any atom is 0.242 e. The van der Waals surface area contributed by atoms with E-state index in [1.807, 2.05) is 62.9 Å². The molecule has 2 aromatic carbocycles. The standard InChI is InChI=1S/C24H25N3O3/c28-22(25-12-14-26(15-13-25)24(30)17-6-5-7-17)16-27-20-10-3-1-8-18(20)23(29)19-9-2-4-11-21(19)27/h1-4,8-11,17H,5-7,12-16H2. The molecule has 2 aliphatic rings. The summed E-state index contributed by atoms with van der Waals surface area (Å²) in [5.74, 6) is 0.474. The number of hydrogen-bond acceptors (Lipinski definition) is 3. The maximum atomic E-state index is 13.1. The second-order valence-corrected chi connectivity index (χ2v) is 8.28. The molecule has 154 valence electrons. The molecule has 0 N–H and O–H groups in total. The molecule has 0 unspecified atom stereocenters. The van der Waals surface area contributed by atoms with Crippen molar-refractivity contribution in [1.82, 2.24) is 14.4 Å². The minimum Gasteiger partial charge on any atom is -0.339 e. The molecule has 1 aromatic heterocycles. The molecule has 3 aromatic rings. The van der Waals surface area contributed by atoms with Gasteiger partial charge in [-0.1, -0.05) is 30.7 Å². The second kappa shape index (κ2) is 7.59. The number of pyridine rings is 1. The number of carbonyl (C=O) groups excluding carboxylic acids is 2. The van der Waals surface area contributed by atoms with E-state index in [-0.39, 0.29) is 29.7 Å². The van der Waals surface area contributed by atoms with Crippen LogP contribution in [0.15, 0.2) is 53.3 Å². The lowest BCUT2D eigenvalue weighted by molar-refractivity contribution is -0.144. The zero-order valence-corrected chi connectivity index (χ0v) is 16.9. The lowest BCUT2D eigenvalue weighted by Crippen LogP contribution is -2.53. The molecule has 1 saturated heterocycles. The van der Waals surface area contributed by atoms with E-state index in [2.05, 4.69) is 0 Å². The summed E-state index contributed by atoms with van der Waals surface area (Å²) in [6.45, 7) is 2.51. The highest BCUT2D eigenvalue weighted by molar-refractivity contribution is 5.95. The van der Waals surface area contributed by atoms with Crippen LogP contribution in [0.4, 0.5) is 0 Å². The summed E-state index contributed by atoms with van der Waals surface area (Å²) in [5.41, 5.74) is 1.54. The first-order valence-electron chi connectivity index (χ1n) is 10.7. The van der Waals surface area contributed by atoms with Crippen LogP contribution in [0.1, 0.15) is 19.3 Å². The molecule has 0 bridgehead atoms. The van der Waals surface area contributed by atoms with Crippen molar-refractivity contribution in [2.45, 2.75) is 25.8 Å². The van der Waals surface area contributed by atoms with Crippen LogP contribution in [-0.4, -0.2) is 52.4 Å². The highest BCUT2D eigenvalue weighted by Gasteiger charge is 2.32. The van der Waals surface area contributed by atoms with Gasteiger partial charge >= 0.3 is 0 Å². The SMILES string of the molecule is O=C(Cn1c2ccccc2c(=O)c2ccccc21)N1CCN(C(=O)C2CCC2)CC1. The predicted molar refractivity (Wildman–Crippen MR) is 116 cm³/mol. The summed E-state index contributed by atoms with van der Waals surface area (Å²) in [6, 6.07) is 14.9. The zero-order chi connectivity index (χ0) is 20.7. The lowest BCUT2D eigenvalue weighted by atomic mass is 9.84. The number of hydrogen-bond donors (Lipinski definition) is 0. The van der Waals surface area contributed by atoms with Gasteiger partial charge in [0.25, 0.3) is 0 Å². The quantitative estimate of drug-likeness (QED) is 0.632. The molecule has 5 rings (SSSR count). The Morgan fingerprint density at radius 3 is 1.87 bits per heavy atom. The van der Waals surface area contributed by atoms with Crippen molar-refractivity contribution in [2.75, 3.05) is 26.2 Å². The van der Waals surface area contributed by atoms with Gasteiger partial charge in [0.1, 0.15) is 6.54 Å². The molecular formula is C24H25N3O3.